The number of aromatic nitrogens is 5. The van der Waals surface area contributed by atoms with Crippen LogP contribution in [0.1, 0.15) is 19.0 Å². The summed E-state index contributed by atoms with van der Waals surface area (Å²) in [6.07, 6.45) is 0.930. The number of ether oxygens (including phenoxy) is 1. The van der Waals surface area contributed by atoms with Crippen LogP contribution in [0.5, 0.6) is 0 Å². The highest BCUT2D eigenvalue weighted by Gasteiger charge is 2.28. The Hall–Kier alpha value is -2.77. The molecule has 0 saturated carbocycles. The van der Waals surface area contributed by atoms with Gasteiger partial charge in [0.2, 0.25) is 10.0 Å². The molecule has 4 heterocycles. The number of halogens is 2. The number of hydrogen-bond acceptors (Lipinski definition) is 8. The summed E-state index contributed by atoms with van der Waals surface area (Å²) in [6, 6.07) is 4.01. The van der Waals surface area contributed by atoms with Crippen molar-refractivity contribution in [2.75, 3.05) is 30.9 Å². The predicted octanol–water partition coefficient (Wildman–Crippen LogP) is 1.27. The fourth-order valence-electron chi connectivity index (χ4n) is 3.44. The van der Waals surface area contributed by atoms with Crippen molar-refractivity contribution in [3.8, 4) is 11.4 Å². The van der Waals surface area contributed by atoms with E-state index in [1.54, 1.807) is 13.0 Å². The van der Waals surface area contributed by atoms with Crippen molar-refractivity contribution in [2.24, 2.45) is 0 Å². The molecule has 13 heteroatoms. The molecular formula is C18H21F2N7O3S. The first-order valence-electron chi connectivity index (χ1n) is 9.50. The van der Waals surface area contributed by atoms with Gasteiger partial charge in [-0.3, -0.25) is 0 Å². The van der Waals surface area contributed by atoms with Crippen molar-refractivity contribution in [2.45, 2.75) is 25.5 Å². The van der Waals surface area contributed by atoms with Gasteiger partial charge in [-0.2, -0.15) is 5.10 Å². The molecule has 3 aromatic rings. The maximum absolute atomic E-state index is 13.1. The number of hydrogen-bond donors (Lipinski definition) is 1. The van der Waals surface area contributed by atoms with Gasteiger partial charge < -0.3 is 9.64 Å². The van der Waals surface area contributed by atoms with Crippen LogP contribution >= 0.6 is 0 Å². The van der Waals surface area contributed by atoms with Crippen LogP contribution in [0.2, 0.25) is 0 Å². The maximum Gasteiger partial charge on any atom is 0.282 e. The molecule has 0 spiro atoms. The number of fused-ring (bicyclic) bond motifs is 1. The van der Waals surface area contributed by atoms with Gasteiger partial charge in [0.1, 0.15) is 23.5 Å². The van der Waals surface area contributed by atoms with E-state index in [9.17, 15) is 17.2 Å². The minimum atomic E-state index is -3.37. The van der Waals surface area contributed by atoms with Gasteiger partial charge in [0, 0.05) is 25.2 Å². The van der Waals surface area contributed by atoms with E-state index in [0.29, 0.717) is 42.5 Å². The molecule has 1 N–H and O–H groups in total. The second kappa shape index (κ2) is 8.40. The monoisotopic (exact) mass is 453 g/mol. The molecule has 166 valence electrons. The molecule has 31 heavy (non-hydrogen) atoms. The Morgan fingerprint density at radius 3 is 2.81 bits per heavy atom. The molecule has 2 atom stereocenters. The molecule has 1 aliphatic rings. The zero-order chi connectivity index (χ0) is 22.2. The lowest BCUT2D eigenvalue weighted by Crippen LogP contribution is -2.52. The number of alkyl halides is 2. The van der Waals surface area contributed by atoms with E-state index < -0.39 is 22.5 Å². The van der Waals surface area contributed by atoms with Crippen molar-refractivity contribution in [3.63, 3.8) is 0 Å². The molecule has 4 rings (SSSR count). The van der Waals surface area contributed by atoms with Crippen molar-refractivity contribution < 1.29 is 21.9 Å². The summed E-state index contributed by atoms with van der Waals surface area (Å²) in [5.74, 6) is 0.602. The Kier molecular flexibility index (Phi) is 5.81. The lowest BCUT2D eigenvalue weighted by molar-refractivity contribution is 0.0239. The second-order valence-corrected chi connectivity index (χ2v) is 9.05. The minimum absolute atomic E-state index is 0.357. The molecule has 1 fully saturated rings. The van der Waals surface area contributed by atoms with Crippen LogP contribution in [0.4, 0.5) is 14.6 Å². The number of anilines is 1. The number of nitrogens with zero attached hydrogens (tertiary/aromatic N) is 6. The average molecular weight is 453 g/mol. The van der Waals surface area contributed by atoms with Crippen LogP contribution in [0.3, 0.4) is 0 Å². The van der Waals surface area contributed by atoms with E-state index >= 15 is 0 Å². The highest BCUT2D eigenvalue weighted by atomic mass is 32.2. The Bertz CT molecular complexity index is 1190. The number of sulfonamides is 1. The molecule has 1 unspecified atom stereocenters. The van der Waals surface area contributed by atoms with Crippen LogP contribution < -0.4 is 9.62 Å². The summed E-state index contributed by atoms with van der Waals surface area (Å²) in [5.41, 5.74) is 0.996. The van der Waals surface area contributed by atoms with Crippen molar-refractivity contribution in [1.29, 1.82) is 0 Å². The van der Waals surface area contributed by atoms with E-state index in [1.807, 2.05) is 4.90 Å². The van der Waals surface area contributed by atoms with E-state index in [-0.39, 0.29) is 11.8 Å². The Balaban J connectivity index is 1.60. The molecule has 0 aliphatic carbocycles. The van der Waals surface area contributed by atoms with Crippen molar-refractivity contribution >= 4 is 21.5 Å². The SMILES string of the molecule is CC(NS(C)(=O)=O)[C@@H]1CN(c2cc(-c3cnc4ccc(C(F)F)nn34)ncn2)CCO1. The molecule has 0 bridgehead atoms. The molecule has 1 saturated heterocycles. The quantitative estimate of drug-likeness (QED) is 0.594. The van der Waals surface area contributed by atoms with Gasteiger partial charge in [-0.15, -0.1) is 0 Å². The van der Waals surface area contributed by atoms with Crippen LogP contribution in [-0.4, -0.2) is 71.1 Å². The van der Waals surface area contributed by atoms with Gasteiger partial charge in [0.15, 0.2) is 5.65 Å². The third kappa shape index (κ3) is 4.78. The Morgan fingerprint density at radius 2 is 2.06 bits per heavy atom. The summed E-state index contributed by atoms with van der Waals surface area (Å²) in [6.45, 7) is 3.11. The minimum Gasteiger partial charge on any atom is -0.373 e. The predicted molar refractivity (Wildman–Crippen MR) is 108 cm³/mol. The van der Waals surface area contributed by atoms with Gasteiger partial charge in [0.25, 0.3) is 6.43 Å². The average Bonchev–Trinajstić information content (AvgIpc) is 3.16. The first-order chi connectivity index (χ1) is 14.7. The topological polar surface area (TPSA) is 115 Å². The number of rotatable bonds is 6. The first-order valence-corrected chi connectivity index (χ1v) is 11.4. The van der Waals surface area contributed by atoms with Crippen LogP contribution in [-0.2, 0) is 14.8 Å². The van der Waals surface area contributed by atoms with Gasteiger partial charge in [0.05, 0.1) is 30.9 Å². The van der Waals surface area contributed by atoms with Crippen LogP contribution in [0.15, 0.2) is 30.7 Å². The Labute approximate surface area is 177 Å². The lowest BCUT2D eigenvalue weighted by Gasteiger charge is -2.36. The molecule has 10 nitrogen and oxygen atoms in total. The lowest BCUT2D eigenvalue weighted by atomic mass is 10.1. The van der Waals surface area contributed by atoms with E-state index in [4.69, 9.17) is 4.74 Å². The number of morpholine rings is 1. The smallest absolute Gasteiger partial charge is 0.282 e. The summed E-state index contributed by atoms with van der Waals surface area (Å²) in [7, 11) is -3.37. The van der Waals surface area contributed by atoms with Gasteiger partial charge in [-0.05, 0) is 19.1 Å². The van der Waals surface area contributed by atoms with E-state index in [1.165, 1.54) is 29.2 Å². The van der Waals surface area contributed by atoms with Gasteiger partial charge in [-0.1, -0.05) is 0 Å². The zero-order valence-electron chi connectivity index (χ0n) is 16.8. The standard InChI is InChI=1S/C18H21F2N7O3S/c1-11(25-31(2,28)29)15-9-26(5-6-30-15)17-7-13(22-10-23-17)14-8-21-16-4-3-12(18(19)20)24-27(14)16/h3-4,7-8,10-11,15,18,25H,5-6,9H2,1-2H3/t11?,15-/m0/s1. The largest absolute Gasteiger partial charge is 0.373 e. The molecule has 0 radical (unpaired) electrons. The Morgan fingerprint density at radius 1 is 1.26 bits per heavy atom. The third-order valence-corrected chi connectivity index (χ3v) is 5.70. The third-order valence-electron chi connectivity index (χ3n) is 4.90. The maximum atomic E-state index is 13.1. The van der Waals surface area contributed by atoms with E-state index in [0.717, 1.165) is 6.26 Å². The van der Waals surface area contributed by atoms with Crippen LogP contribution in [0, 0.1) is 0 Å². The molecule has 0 amide bonds. The number of imidazole rings is 1. The summed E-state index contributed by atoms with van der Waals surface area (Å²) >= 11 is 0. The summed E-state index contributed by atoms with van der Waals surface area (Å²) in [5, 5.41) is 3.97. The van der Waals surface area contributed by atoms with Crippen molar-refractivity contribution in [3.05, 3.63) is 36.4 Å². The normalized spacial score (nSPS) is 18.6. The van der Waals surface area contributed by atoms with E-state index in [2.05, 4.69) is 24.8 Å². The highest BCUT2D eigenvalue weighted by molar-refractivity contribution is 7.88. The number of nitrogens with one attached hydrogen (secondary N) is 1. The van der Waals surface area contributed by atoms with Gasteiger partial charge in [-0.25, -0.2) is 41.4 Å². The van der Waals surface area contributed by atoms with Crippen LogP contribution in [0.25, 0.3) is 17.0 Å². The summed E-state index contributed by atoms with van der Waals surface area (Å²) in [4.78, 5) is 14.7. The van der Waals surface area contributed by atoms with Gasteiger partial charge >= 0.3 is 0 Å². The fourth-order valence-corrected chi connectivity index (χ4v) is 4.27. The second-order valence-electron chi connectivity index (χ2n) is 7.27. The zero-order valence-corrected chi connectivity index (χ0v) is 17.6. The molecule has 3 aromatic heterocycles. The van der Waals surface area contributed by atoms with Crippen molar-refractivity contribution in [1.82, 2.24) is 29.3 Å². The molecule has 0 aromatic carbocycles. The fraction of sp³-hybridized carbons (Fsp3) is 0.444. The summed E-state index contributed by atoms with van der Waals surface area (Å²) < 4.78 is 58.8. The molecule has 1 aliphatic heterocycles. The molecular weight excluding hydrogens is 432 g/mol. The first kappa shape index (κ1) is 21.5. The highest BCUT2D eigenvalue weighted by Crippen LogP contribution is 2.24.